The average Bonchev–Trinajstić information content (AvgIpc) is 2.78. The fourth-order valence-corrected chi connectivity index (χ4v) is 3.78. The van der Waals surface area contributed by atoms with Crippen molar-refractivity contribution in [2.45, 2.75) is 24.9 Å². The molecule has 1 aromatic carbocycles. The predicted molar refractivity (Wildman–Crippen MR) is 116 cm³/mol. The van der Waals surface area contributed by atoms with Crippen molar-refractivity contribution in [1.82, 2.24) is 14.5 Å². The van der Waals surface area contributed by atoms with Crippen LogP contribution in [0.2, 0.25) is 5.02 Å². The Bertz CT molecular complexity index is 1120. The standard InChI is InChI=1S/C22H22ClFN4O3/c23-17-11-15(1-2-18(17)24)20(13-29)28-8-4-14(12-21(28)30)19-3-7-25-22(27-19)26-16-5-9-31-10-6-16/h1-4,7-8,11-12,16,20,29H,5-6,9-10,13H2,(H,25,26,27)/t20-/m1/s1. The first-order valence-corrected chi connectivity index (χ1v) is 10.4. The summed E-state index contributed by atoms with van der Waals surface area (Å²) in [6, 6.07) is 8.63. The molecule has 3 heterocycles. The second-order valence-corrected chi connectivity index (χ2v) is 7.74. The molecule has 4 rings (SSSR count). The Morgan fingerprint density at radius 2 is 2.06 bits per heavy atom. The normalized spacial score (nSPS) is 15.6. The number of nitrogens with zero attached hydrogens (tertiary/aromatic N) is 3. The van der Waals surface area contributed by atoms with E-state index in [1.807, 2.05) is 0 Å². The SMILES string of the molecule is O=c1cc(-c2ccnc(NC3CCOCC3)n2)ccn1[C@H](CO)c1ccc(F)c(Cl)c1. The number of aliphatic hydroxyl groups excluding tert-OH is 1. The Morgan fingerprint density at radius 3 is 2.77 bits per heavy atom. The van der Waals surface area contributed by atoms with Crippen LogP contribution in [-0.4, -0.2) is 45.5 Å². The fourth-order valence-electron chi connectivity index (χ4n) is 3.59. The molecular weight excluding hydrogens is 423 g/mol. The van der Waals surface area contributed by atoms with Crippen LogP contribution in [0.15, 0.2) is 53.6 Å². The van der Waals surface area contributed by atoms with E-state index in [1.54, 1.807) is 24.5 Å². The summed E-state index contributed by atoms with van der Waals surface area (Å²) in [5, 5.41) is 13.1. The Morgan fingerprint density at radius 1 is 1.26 bits per heavy atom. The molecule has 2 N–H and O–H groups in total. The minimum Gasteiger partial charge on any atom is -0.394 e. The molecule has 0 spiro atoms. The highest BCUT2D eigenvalue weighted by Gasteiger charge is 2.17. The molecule has 0 radical (unpaired) electrons. The van der Waals surface area contributed by atoms with Crippen LogP contribution in [0.1, 0.15) is 24.4 Å². The molecule has 1 saturated heterocycles. The fraction of sp³-hybridized carbons (Fsp3) is 0.318. The van der Waals surface area contributed by atoms with Gasteiger partial charge in [-0.1, -0.05) is 17.7 Å². The highest BCUT2D eigenvalue weighted by atomic mass is 35.5. The maximum atomic E-state index is 13.5. The lowest BCUT2D eigenvalue weighted by Gasteiger charge is -2.23. The Hall–Kier alpha value is -2.81. The van der Waals surface area contributed by atoms with Gasteiger partial charge in [0.2, 0.25) is 5.95 Å². The minimum atomic E-state index is -0.684. The van der Waals surface area contributed by atoms with Crippen molar-refractivity contribution in [2.24, 2.45) is 0 Å². The Kier molecular flexibility index (Phi) is 6.60. The van der Waals surface area contributed by atoms with E-state index in [-0.39, 0.29) is 23.2 Å². The number of halogens is 2. The van der Waals surface area contributed by atoms with E-state index in [0.717, 1.165) is 12.8 Å². The van der Waals surface area contributed by atoms with Crippen LogP contribution in [0.25, 0.3) is 11.3 Å². The number of hydrogen-bond acceptors (Lipinski definition) is 6. The number of aliphatic hydroxyl groups is 1. The van der Waals surface area contributed by atoms with E-state index >= 15 is 0 Å². The van der Waals surface area contributed by atoms with Crippen LogP contribution in [0, 0.1) is 5.82 Å². The average molecular weight is 445 g/mol. The quantitative estimate of drug-likeness (QED) is 0.606. The van der Waals surface area contributed by atoms with E-state index in [2.05, 4.69) is 15.3 Å². The molecule has 1 aliphatic rings. The van der Waals surface area contributed by atoms with Crippen molar-refractivity contribution in [3.05, 3.63) is 75.5 Å². The van der Waals surface area contributed by atoms with Gasteiger partial charge in [0.05, 0.1) is 23.4 Å². The first-order chi connectivity index (χ1) is 15.0. The van der Waals surface area contributed by atoms with Gasteiger partial charge in [0.1, 0.15) is 5.82 Å². The number of aromatic nitrogens is 3. The third-order valence-electron chi connectivity index (χ3n) is 5.29. The Labute approximate surface area is 183 Å². The van der Waals surface area contributed by atoms with Gasteiger partial charge in [-0.15, -0.1) is 0 Å². The van der Waals surface area contributed by atoms with E-state index in [1.165, 1.54) is 28.8 Å². The molecule has 1 fully saturated rings. The number of ether oxygens (including phenoxy) is 1. The molecule has 7 nitrogen and oxygen atoms in total. The highest BCUT2D eigenvalue weighted by molar-refractivity contribution is 6.30. The second kappa shape index (κ2) is 9.55. The molecule has 1 atom stereocenters. The van der Waals surface area contributed by atoms with E-state index < -0.39 is 11.9 Å². The maximum Gasteiger partial charge on any atom is 0.251 e. The zero-order valence-corrected chi connectivity index (χ0v) is 17.4. The van der Waals surface area contributed by atoms with Crippen LogP contribution in [0.5, 0.6) is 0 Å². The van der Waals surface area contributed by atoms with Crippen LogP contribution in [0.4, 0.5) is 10.3 Å². The molecule has 0 unspecified atom stereocenters. The molecule has 1 aliphatic heterocycles. The molecule has 0 amide bonds. The Balaban J connectivity index is 1.59. The molecule has 31 heavy (non-hydrogen) atoms. The van der Waals surface area contributed by atoms with Crippen LogP contribution >= 0.6 is 11.6 Å². The number of rotatable bonds is 6. The van der Waals surface area contributed by atoms with Crippen molar-refractivity contribution in [3.8, 4) is 11.3 Å². The van der Waals surface area contributed by atoms with E-state index in [4.69, 9.17) is 16.3 Å². The van der Waals surface area contributed by atoms with E-state index in [0.29, 0.717) is 36.0 Å². The highest BCUT2D eigenvalue weighted by Crippen LogP contribution is 2.24. The molecule has 3 aromatic rings. The van der Waals surface area contributed by atoms with Crippen molar-refractivity contribution in [3.63, 3.8) is 0 Å². The van der Waals surface area contributed by atoms with Crippen molar-refractivity contribution in [2.75, 3.05) is 25.1 Å². The molecule has 0 aliphatic carbocycles. The van der Waals surface area contributed by atoms with Gasteiger partial charge in [-0.25, -0.2) is 14.4 Å². The summed E-state index contributed by atoms with van der Waals surface area (Å²) in [6.45, 7) is 1.08. The van der Waals surface area contributed by atoms with Gasteiger partial charge in [-0.3, -0.25) is 4.79 Å². The molecule has 0 bridgehead atoms. The summed E-state index contributed by atoms with van der Waals surface area (Å²) < 4.78 is 20.2. The van der Waals surface area contributed by atoms with Gasteiger partial charge < -0.3 is 19.7 Å². The second-order valence-electron chi connectivity index (χ2n) is 7.33. The number of nitrogens with one attached hydrogen (secondary N) is 1. The largest absolute Gasteiger partial charge is 0.394 e. The molecule has 9 heteroatoms. The first-order valence-electron chi connectivity index (χ1n) is 10.0. The zero-order valence-electron chi connectivity index (χ0n) is 16.7. The molecule has 0 saturated carbocycles. The minimum absolute atomic E-state index is 0.0637. The van der Waals surface area contributed by atoms with Gasteiger partial charge in [0, 0.05) is 43.3 Å². The third-order valence-corrected chi connectivity index (χ3v) is 5.58. The summed E-state index contributed by atoms with van der Waals surface area (Å²) >= 11 is 5.86. The maximum absolute atomic E-state index is 13.5. The van der Waals surface area contributed by atoms with Gasteiger partial charge in [-0.2, -0.15) is 0 Å². The lowest BCUT2D eigenvalue weighted by molar-refractivity contribution is 0.0903. The lowest BCUT2D eigenvalue weighted by atomic mass is 10.1. The first kappa shape index (κ1) is 21.4. The van der Waals surface area contributed by atoms with Crippen LogP contribution in [-0.2, 0) is 4.74 Å². The summed E-state index contributed by atoms with van der Waals surface area (Å²) in [5.74, 6) is -0.0542. The van der Waals surface area contributed by atoms with Gasteiger partial charge in [-0.05, 0) is 42.7 Å². The van der Waals surface area contributed by atoms with Gasteiger partial charge in [0.15, 0.2) is 0 Å². The third kappa shape index (κ3) is 4.92. The van der Waals surface area contributed by atoms with Crippen LogP contribution in [0.3, 0.4) is 0 Å². The van der Waals surface area contributed by atoms with E-state index in [9.17, 15) is 14.3 Å². The predicted octanol–water partition coefficient (Wildman–Crippen LogP) is 3.27. The lowest BCUT2D eigenvalue weighted by Crippen LogP contribution is -2.28. The van der Waals surface area contributed by atoms with Crippen molar-refractivity contribution < 1.29 is 14.2 Å². The topological polar surface area (TPSA) is 89.3 Å². The summed E-state index contributed by atoms with van der Waals surface area (Å²) in [4.78, 5) is 21.6. The zero-order chi connectivity index (χ0) is 21.8. The summed E-state index contributed by atoms with van der Waals surface area (Å²) in [7, 11) is 0. The van der Waals surface area contributed by atoms with Crippen LogP contribution < -0.4 is 10.9 Å². The van der Waals surface area contributed by atoms with Gasteiger partial charge in [0.25, 0.3) is 5.56 Å². The number of benzene rings is 1. The number of pyridine rings is 1. The monoisotopic (exact) mass is 444 g/mol. The molecule has 162 valence electrons. The molecular formula is C22H22ClFN4O3. The van der Waals surface area contributed by atoms with Crippen molar-refractivity contribution in [1.29, 1.82) is 0 Å². The molecule has 2 aromatic heterocycles. The smallest absolute Gasteiger partial charge is 0.251 e. The summed E-state index contributed by atoms with van der Waals surface area (Å²) in [5.41, 5.74) is 1.45. The summed E-state index contributed by atoms with van der Waals surface area (Å²) in [6.07, 6.45) is 5.01. The van der Waals surface area contributed by atoms with Gasteiger partial charge >= 0.3 is 0 Å². The van der Waals surface area contributed by atoms with Crippen molar-refractivity contribution >= 4 is 17.5 Å². The number of hydrogen-bond donors (Lipinski definition) is 2. The number of anilines is 1.